The predicted molar refractivity (Wildman–Crippen MR) is 145 cm³/mol. The monoisotopic (exact) mass is 447 g/mol. The van der Waals surface area contributed by atoms with Crippen molar-refractivity contribution in [2.24, 2.45) is 0 Å². The zero-order valence-corrected chi connectivity index (χ0v) is 19.0. The van der Waals surface area contributed by atoms with E-state index in [1.165, 1.54) is 10.8 Å². The summed E-state index contributed by atoms with van der Waals surface area (Å²) in [6, 6.07) is 44.2. The Hall–Kier alpha value is -4.76. The van der Waals surface area contributed by atoms with E-state index in [0.717, 1.165) is 50.3 Å². The highest BCUT2D eigenvalue weighted by atomic mass is 15.1. The van der Waals surface area contributed by atoms with Crippen LogP contribution in [0.2, 0.25) is 0 Å². The Bertz CT molecular complexity index is 1830. The summed E-state index contributed by atoms with van der Waals surface area (Å²) in [5.41, 5.74) is 7.36. The highest BCUT2D eigenvalue weighted by molar-refractivity contribution is 6.10. The third-order valence-electron chi connectivity index (χ3n) is 6.60. The fourth-order valence-electron chi connectivity index (χ4n) is 4.96. The molecule has 0 radical (unpaired) electrons. The normalized spacial score (nSPS) is 11.4. The predicted octanol–water partition coefficient (Wildman–Crippen LogP) is 8.06. The highest BCUT2D eigenvalue weighted by Crippen LogP contribution is 2.34. The third-order valence-corrected chi connectivity index (χ3v) is 6.60. The molecule has 0 spiro atoms. The number of fused-ring (bicyclic) bond motifs is 4. The molecule has 7 rings (SSSR count). The summed E-state index contributed by atoms with van der Waals surface area (Å²) in [6.45, 7) is 0. The van der Waals surface area contributed by atoms with Crippen LogP contribution in [0.15, 0.2) is 127 Å². The molecule has 0 saturated carbocycles. The molecular weight excluding hydrogens is 426 g/mol. The lowest BCUT2D eigenvalue weighted by atomic mass is 10.00. The van der Waals surface area contributed by atoms with Crippen molar-refractivity contribution in [1.29, 1.82) is 0 Å². The molecule has 3 nitrogen and oxygen atoms in total. The van der Waals surface area contributed by atoms with E-state index in [4.69, 9.17) is 9.97 Å². The van der Waals surface area contributed by atoms with Gasteiger partial charge in [0.05, 0.1) is 22.2 Å². The Morgan fingerprint density at radius 3 is 1.86 bits per heavy atom. The Labute approximate surface area is 203 Å². The van der Waals surface area contributed by atoms with E-state index < -0.39 is 0 Å². The number of pyridine rings is 1. The van der Waals surface area contributed by atoms with Crippen molar-refractivity contribution in [3.8, 4) is 28.3 Å². The van der Waals surface area contributed by atoms with Crippen molar-refractivity contribution >= 4 is 32.7 Å². The third kappa shape index (κ3) is 3.21. The van der Waals surface area contributed by atoms with Gasteiger partial charge in [-0.3, -0.25) is 4.57 Å². The number of benzene rings is 5. The molecule has 5 aromatic carbocycles. The minimum Gasteiger partial charge on any atom is -0.292 e. The quantitative estimate of drug-likeness (QED) is 0.256. The largest absolute Gasteiger partial charge is 0.292 e. The molecule has 0 aliphatic carbocycles. The van der Waals surface area contributed by atoms with Crippen molar-refractivity contribution in [3.05, 3.63) is 127 Å². The van der Waals surface area contributed by atoms with Crippen molar-refractivity contribution in [3.63, 3.8) is 0 Å². The minimum absolute atomic E-state index is 0.939. The summed E-state index contributed by atoms with van der Waals surface area (Å²) >= 11 is 0. The number of hydrogen-bond acceptors (Lipinski definition) is 2. The number of aromatic nitrogens is 3. The first-order valence-electron chi connectivity index (χ1n) is 11.8. The molecule has 0 fully saturated rings. The fourth-order valence-corrected chi connectivity index (χ4v) is 4.96. The topological polar surface area (TPSA) is 30.7 Å². The Kier molecular flexibility index (Phi) is 4.46. The van der Waals surface area contributed by atoms with Crippen molar-refractivity contribution in [2.75, 3.05) is 0 Å². The van der Waals surface area contributed by atoms with Crippen LogP contribution in [0.4, 0.5) is 0 Å². The molecular formula is C32H21N3. The van der Waals surface area contributed by atoms with Gasteiger partial charge in [-0.25, -0.2) is 9.97 Å². The lowest BCUT2D eigenvalue weighted by Crippen LogP contribution is -1.98. The molecule has 7 aromatic rings. The first-order chi connectivity index (χ1) is 17.4. The maximum atomic E-state index is 5.06. The molecule has 0 unspecified atom stereocenters. The molecule has 0 aliphatic heterocycles. The lowest BCUT2D eigenvalue weighted by Gasteiger charge is -2.12. The second kappa shape index (κ2) is 7.93. The van der Waals surface area contributed by atoms with E-state index >= 15 is 0 Å². The molecule has 0 atom stereocenters. The smallest absolute Gasteiger partial charge is 0.145 e. The van der Waals surface area contributed by atoms with Crippen LogP contribution in [0, 0.1) is 0 Å². The van der Waals surface area contributed by atoms with E-state index in [0.29, 0.717) is 0 Å². The van der Waals surface area contributed by atoms with Gasteiger partial charge in [0.2, 0.25) is 0 Å². The lowest BCUT2D eigenvalue weighted by molar-refractivity contribution is 1.10. The maximum Gasteiger partial charge on any atom is 0.145 e. The first kappa shape index (κ1) is 19.7. The molecule has 2 heterocycles. The molecule has 3 heteroatoms. The van der Waals surface area contributed by atoms with Gasteiger partial charge >= 0.3 is 0 Å². The van der Waals surface area contributed by atoms with Crippen LogP contribution in [0.3, 0.4) is 0 Å². The van der Waals surface area contributed by atoms with Gasteiger partial charge in [-0.15, -0.1) is 0 Å². The Morgan fingerprint density at radius 2 is 1.06 bits per heavy atom. The van der Waals surface area contributed by atoms with Crippen LogP contribution in [-0.2, 0) is 0 Å². The van der Waals surface area contributed by atoms with Gasteiger partial charge < -0.3 is 0 Å². The van der Waals surface area contributed by atoms with E-state index in [1.807, 2.05) is 18.2 Å². The van der Waals surface area contributed by atoms with Crippen LogP contribution < -0.4 is 0 Å². The van der Waals surface area contributed by atoms with Crippen LogP contribution in [-0.4, -0.2) is 14.5 Å². The molecule has 0 bridgehead atoms. The second-order valence-corrected chi connectivity index (χ2v) is 8.70. The molecule has 2 aromatic heterocycles. The minimum atomic E-state index is 0.939. The van der Waals surface area contributed by atoms with E-state index in [2.05, 4.69) is 114 Å². The Morgan fingerprint density at radius 1 is 0.429 bits per heavy atom. The van der Waals surface area contributed by atoms with E-state index in [1.54, 1.807) is 0 Å². The van der Waals surface area contributed by atoms with Gasteiger partial charge in [0.15, 0.2) is 0 Å². The second-order valence-electron chi connectivity index (χ2n) is 8.70. The zero-order valence-electron chi connectivity index (χ0n) is 19.0. The van der Waals surface area contributed by atoms with E-state index in [-0.39, 0.29) is 0 Å². The summed E-state index contributed by atoms with van der Waals surface area (Å²) < 4.78 is 2.24. The first-order valence-corrected chi connectivity index (χ1v) is 11.8. The number of hydrogen-bond donors (Lipinski definition) is 0. The van der Waals surface area contributed by atoms with Gasteiger partial charge in [0, 0.05) is 27.6 Å². The molecule has 0 amide bonds. The zero-order chi connectivity index (χ0) is 23.2. The van der Waals surface area contributed by atoms with Crippen LogP contribution in [0.1, 0.15) is 0 Å². The summed E-state index contributed by atoms with van der Waals surface area (Å²) in [5.74, 6) is 0.939. The SMILES string of the molecule is c1ccc(-c2nc3ccccc3n2-c2ccc(-c3nc4ccccc4c4ccccc34)cc2)cc1. The van der Waals surface area contributed by atoms with Crippen LogP contribution >= 0.6 is 0 Å². The summed E-state index contributed by atoms with van der Waals surface area (Å²) in [4.78, 5) is 10.0. The summed E-state index contributed by atoms with van der Waals surface area (Å²) in [5, 5.41) is 3.57. The standard InChI is InChI=1S/C32H21N3/c1-2-10-23(11-3-1)32-34-29-16-8-9-17-30(29)35(32)24-20-18-22(19-21-24)31-27-14-5-4-12-25(27)26-13-6-7-15-28(26)33-31/h1-21H. The summed E-state index contributed by atoms with van der Waals surface area (Å²) in [6.07, 6.45) is 0. The molecule has 0 aliphatic rings. The number of rotatable bonds is 3. The molecule has 0 N–H and O–H groups in total. The van der Waals surface area contributed by atoms with Crippen LogP contribution in [0.5, 0.6) is 0 Å². The van der Waals surface area contributed by atoms with Crippen LogP contribution in [0.25, 0.3) is 61.0 Å². The average molecular weight is 448 g/mol. The van der Waals surface area contributed by atoms with E-state index in [9.17, 15) is 0 Å². The van der Waals surface area contributed by atoms with Gasteiger partial charge in [-0.2, -0.15) is 0 Å². The van der Waals surface area contributed by atoms with Gasteiger partial charge in [0.1, 0.15) is 5.82 Å². The van der Waals surface area contributed by atoms with Gasteiger partial charge in [-0.05, 0) is 35.7 Å². The molecule has 0 saturated heterocycles. The number of imidazole rings is 1. The van der Waals surface area contributed by atoms with Crippen molar-refractivity contribution in [1.82, 2.24) is 14.5 Å². The highest BCUT2D eigenvalue weighted by Gasteiger charge is 2.15. The average Bonchev–Trinajstić information content (AvgIpc) is 3.33. The van der Waals surface area contributed by atoms with Crippen molar-refractivity contribution < 1.29 is 0 Å². The summed E-state index contributed by atoms with van der Waals surface area (Å²) in [7, 11) is 0. The fraction of sp³-hybridized carbons (Fsp3) is 0. The maximum absolute atomic E-state index is 5.06. The Balaban J connectivity index is 1.42. The molecule has 164 valence electrons. The number of nitrogens with zero attached hydrogens (tertiary/aromatic N) is 3. The number of para-hydroxylation sites is 3. The van der Waals surface area contributed by atoms with Crippen molar-refractivity contribution in [2.45, 2.75) is 0 Å². The van der Waals surface area contributed by atoms with Gasteiger partial charge in [-0.1, -0.05) is 97.1 Å². The molecule has 35 heavy (non-hydrogen) atoms. The van der Waals surface area contributed by atoms with Gasteiger partial charge in [0.25, 0.3) is 0 Å².